The second kappa shape index (κ2) is 18.7. The zero-order chi connectivity index (χ0) is 16.3. The lowest BCUT2D eigenvalue weighted by atomic mass is 10.5. The van der Waals surface area contributed by atoms with Crippen LogP contribution in [0.4, 0.5) is 0 Å². The summed E-state index contributed by atoms with van der Waals surface area (Å²) in [6.45, 7) is 4.89. The molecule has 0 saturated carbocycles. The molecule has 0 spiro atoms. The largest absolute Gasteiger partial charge is 0.463 e. The molecular weight excluding hydrogens is 312 g/mol. The van der Waals surface area contributed by atoms with Crippen LogP contribution in [-0.4, -0.2) is 84.9 Å². The Morgan fingerprint density at radius 3 is 1.55 bits per heavy atom. The number of methoxy groups -OCH3 is 1. The number of rotatable bonds is 17. The van der Waals surface area contributed by atoms with E-state index in [4.69, 9.17) is 28.4 Å². The van der Waals surface area contributed by atoms with E-state index in [-0.39, 0.29) is 12.6 Å². The van der Waals surface area contributed by atoms with Crippen molar-refractivity contribution in [3.63, 3.8) is 0 Å². The van der Waals surface area contributed by atoms with E-state index in [1.54, 1.807) is 7.11 Å². The molecule has 0 aromatic heterocycles. The molecule has 7 nitrogen and oxygen atoms in total. The number of hydrogen-bond acceptors (Lipinski definition) is 8. The Morgan fingerprint density at radius 1 is 0.727 bits per heavy atom. The van der Waals surface area contributed by atoms with Gasteiger partial charge < -0.3 is 28.4 Å². The molecule has 0 rings (SSSR count). The minimum atomic E-state index is -0.252. The second-order valence-electron chi connectivity index (χ2n) is 4.14. The maximum absolute atomic E-state index is 11.0. The van der Waals surface area contributed by atoms with E-state index in [0.29, 0.717) is 71.6 Å². The van der Waals surface area contributed by atoms with Crippen LogP contribution in [0.1, 0.15) is 6.42 Å². The van der Waals surface area contributed by atoms with Crippen LogP contribution in [0.15, 0.2) is 0 Å². The molecule has 132 valence electrons. The van der Waals surface area contributed by atoms with Gasteiger partial charge in [0.1, 0.15) is 6.61 Å². The molecule has 8 heteroatoms. The predicted octanol–water partition coefficient (Wildman–Crippen LogP) is 0.562. The van der Waals surface area contributed by atoms with Gasteiger partial charge in [0.2, 0.25) is 0 Å². The summed E-state index contributed by atoms with van der Waals surface area (Å²) >= 11 is 3.94. The standard InChI is InChI=1S/C14H28O7S/c1-16-3-4-17-5-6-18-7-8-19-9-10-20-11-12-21-14(15)2-13-22/h22H,2-13H2,1H3. The second-order valence-corrected chi connectivity index (χ2v) is 4.58. The Bertz CT molecular complexity index is 241. The first kappa shape index (κ1) is 21.6. The van der Waals surface area contributed by atoms with Crippen LogP contribution < -0.4 is 0 Å². The number of thiol groups is 1. The summed E-state index contributed by atoms with van der Waals surface area (Å²) in [5.41, 5.74) is 0. The summed E-state index contributed by atoms with van der Waals surface area (Å²) in [7, 11) is 1.64. The van der Waals surface area contributed by atoms with E-state index in [2.05, 4.69) is 12.6 Å². The smallest absolute Gasteiger partial charge is 0.306 e. The quantitative estimate of drug-likeness (QED) is 0.236. The molecule has 0 aliphatic rings. The minimum absolute atomic E-state index is 0.252. The van der Waals surface area contributed by atoms with Gasteiger partial charge in [-0.25, -0.2) is 0 Å². The Hall–Kier alpha value is -0.380. The molecule has 0 aromatic carbocycles. The highest BCUT2D eigenvalue weighted by molar-refractivity contribution is 7.80. The fraction of sp³-hybridized carbons (Fsp3) is 0.929. The Balaban J connectivity index is 3.01. The molecule has 0 amide bonds. The van der Waals surface area contributed by atoms with Gasteiger partial charge in [0.05, 0.1) is 65.9 Å². The molecule has 0 unspecified atom stereocenters. The minimum Gasteiger partial charge on any atom is -0.463 e. The predicted molar refractivity (Wildman–Crippen MR) is 84.6 cm³/mol. The first-order valence-electron chi connectivity index (χ1n) is 7.37. The molecule has 22 heavy (non-hydrogen) atoms. The van der Waals surface area contributed by atoms with Crippen molar-refractivity contribution in [3.05, 3.63) is 0 Å². The summed E-state index contributed by atoms with van der Waals surface area (Å²) in [6.07, 6.45) is 0.323. The van der Waals surface area contributed by atoms with E-state index in [0.717, 1.165) is 0 Å². The molecule has 0 N–H and O–H groups in total. The monoisotopic (exact) mass is 340 g/mol. The molecule has 0 radical (unpaired) electrons. The van der Waals surface area contributed by atoms with Crippen molar-refractivity contribution in [2.24, 2.45) is 0 Å². The van der Waals surface area contributed by atoms with Crippen molar-refractivity contribution in [3.8, 4) is 0 Å². The highest BCUT2D eigenvalue weighted by Crippen LogP contribution is 1.89. The van der Waals surface area contributed by atoms with Crippen LogP contribution in [-0.2, 0) is 33.2 Å². The van der Waals surface area contributed by atoms with Crippen molar-refractivity contribution in [2.75, 3.05) is 78.9 Å². The molecule has 0 bridgehead atoms. The molecule has 0 fully saturated rings. The lowest BCUT2D eigenvalue weighted by Crippen LogP contribution is -2.15. The maximum Gasteiger partial charge on any atom is 0.306 e. The third-order valence-corrected chi connectivity index (χ3v) is 2.58. The van der Waals surface area contributed by atoms with Crippen molar-refractivity contribution in [1.29, 1.82) is 0 Å². The molecule has 0 aliphatic heterocycles. The fourth-order valence-electron chi connectivity index (χ4n) is 1.28. The highest BCUT2D eigenvalue weighted by Gasteiger charge is 1.99. The summed E-state index contributed by atoms with van der Waals surface area (Å²) in [4.78, 5) is 11.0. The van der Waals surface area contributed by atoms with Gasteiger partial charge in [0.15, 0.2) is 0 Å². The number of esters is 1. The zero-order valence-electron chi connectivity index (χ0n) is 13.3. The Morgan fingerprint density at radius 2 is 1.14 bits per heavy atom. The third kappa shape index (κ3) is 17.7. The van der Waals surface area contributed by atoms with Gasteiger partial charge in [-0.05, 0) is 0 Å². The first-order chi connectivity index (χ1) is 10.8. The van der Waals surface area contributed by atoms with Crippen LogP contribution in [0, 0.1) is 0 Å². The van der Waals surface area contributed by atoms with Gasteiger partial charge in [-0.1, -0.05) is 0 Å². The van der Waals surface area contributed by atoms with E-state index in [9.17, 15) is 4.79 Å². The first-order valence-corrected chi connectivity index (χ1v) is 8.01. The highest BCUT2D eigenvalue weighted by atomic mass is 32.1. The average molecular weight is 340 g/mol. The normalized spacial score (nSPS) is 10.8. The maximum atomic E-state index is 11.0. The average Bonchev–Trinajstić information content (AvgIpc) is 2.51. The van der Waals surface area contributed by atoms with Crippen molar-refractivity contribution >= 4 is 18.6 Å². The number of hydrogen-bond donors (Lipinski definition) is 1. The lowest BCUT2D eigenvalue weighted by molar-refractivity contribution is -0.144. The number of carbonyl (C=O) groups is 1. The van der Waals surface area contributed by atoms with Gasteiger partial charge >= 0.3 is 5.97 Å². The molecular formula is C14H28O7S. The van der Waals surface area contributed by atoms with E-state index >= 15 is 0 Å². The van der Waals surface area contributed by atoms with Gasteiger partial charge in [-0.3, -0.25) is 4.79 Å². The van der Waals surface area contributed by atoms with Crippen molar-refractivity contribution in [2.45, 2.75) is 6.42 Å². The summed E-state index contributed by atoms with van der Waals surface area (Å²) in [5.74, 6) is 0.243. The van der Waals surface area contributed by atoms with Crippen molar-refractivity contribution in [1.82, 2.24) is 0 Å². The topological polar surface area (TPSA) is 72.5 Å². The summed E-state index contributed by atoms with van der Waals surface area (Å²) < 4.78 is 30.9. The van der Waals surface area contributed by atoms with Crippen LogP contribution in [0.5, 0.6) is 0 Å². The summed E-state index contributed by atoms with van der Waals surface area (Å²) in [6, 6.07) is 0. The molecule has 0 aromatic rings. The van der Waals surface area contributed by atoms with Crippen LogP contribution >= 0.6 is 12.6 Å². The lowest BCUT2D eigenvalue weighted by Gasteiger charge is -2.07. The van der Waals surface area contributed by atoms with Crippen molar-refractivity contribution < 1.29 is 33.2 Å². The van der Waals surface area contributed by atoms with Gasteiger partial charge in [-0.15, -0.1) is 0 Å². The Kier molecular flexibility index (Phi) is 18.3. The Labute approximate surface area is 137 Å². The number of ether oxygens (including phenoxy) is 6. The third-order valence-electron chi connectivity index (χ3n) is 2.35. The molecule has 0 aliphatic carbocycles. The van der Waals surface area contributed by atoms with Gasteiger partial charge in [0, 0.05) is 12.9 Å². The van der Waals surface area contributed by atoms with Crippen LogP contribution in [0.3, 0.4) is 0 Å². The van der Waals surface area contributed by atoms with Gasteiger partial charge in [-0.2, -0.15) is 12.6 Å². The van der Waals surface area contributed by atoms with E-state index in [1.807, 2.05) is 0 Å². The molecule has 0 heterocycles. The van der Waals surface area contributed by atoms with E-state index < -0.39 is 0 Å². The number of carbonyl (C=O) groups excluding carboxylic acids is 1. The van der Waals surface area contributed by atoms with E-state index in [1.165, 1.54) is 0 Å². The summed E-state index contributed by atoms with van der Waals surface area (Å²) in [5, 5.41) is 0. The molecule has 0 saturated heterocycles. The zero-order valence-corrected chi connectivity index (χ0v) is 14.2. The SMILES string of the molecule is COCCOCCOCCOCCOCCOC(=O)CCS. The van der Waals surface area contributed by atoms with Crippen LogP contribution in [0.2, 0.25) is 0 Å². The van der Waals surface area contributed by atoms with Gasteiger partial charge in [0.25, 0.3) is 0 Å². The van der Waals surface area contributed by atoms with Crippen LogP contribution in [0.25, 0.3) is 0 Å². The molecule has 0 atom stereocenters. The fourth-order valence-corrected chi connectivity index (χ4v) is 1.46.